The average molecular weight is 253 g/mol. The van der Waals surface area contributed by atoms with E-state index in [2.05, 4.69) is 20.6 Å². The van der Waals surface area contributed by atoms with Crippen LogP contribution < -0.4 is 21.1 Å². The summed E-state index contributed by atoms with van der Waals surface area (Å²) in [5.74, 6) is 1.22. The third-order valence-electron chi connectivity index (χ3n) is 2.61. The number of anilines is 2. The maximum Gasteiger partial charge on any atom is 0.224 e. The van der Waals surface area contributed by atoms with E-state index in [9.17, 15) is 4.79 Å². The Hall–Kier alpha value is -2.05. The lowest BCUT2D eigenvalue weighted by molar-refractivity contribution is -0.125. The fourth-order valence-electron chi connectivity index (χ4n) is 1.26. The number of hydrogen-bond donors (Lipinski definition) is 3. The molecule has 0 saturated heterocycles. The number of carbonyl (C=O) groups excluding carboxylic acids is 1. The summed E-state index contributed by atoms with van der Waals surface area (Å²) in [5.41, 5.74) is 4.63. The van der Waals surface area contributed by atoms with E-state index in [0.29, 0.717) is 23.9 Å². The first-order valence-corrected chi connectivity index (χ1v) is 5.53. The number of ether oxygens (including phenoxy) is 1. The van der Waals surface area contributed by atoms with Crippen LogP contribution >= 0.6 is 0 Å². The largest absolute Gasteiger partial charge is 0.490 e. The molecule has 1 aromatic heterocycles. The second kappa shape index (κ2) is 5.52. The number of rotatable bonds is 6. The molecular formula is C11H19N5O2. The highest BCUT2D eigenvalue weighted by Gasteiger charge is 2.25. The van der Waals surface area contributed by atoms with E-state index in [1.54, 1.807) is 20.9 Å². The Morgan fingerprint density at radius 3 is 2.56 bits per heavy atom. The molecule has 100 valence electrons. The van der Waals surface area contributed by atoms with Crippen molar-refractivity contribution in [3.63, 3.8) is 0 Å². The predicted octanol–water partition coefficient (Wildman–Crippen LogP) is 0.450. The fraction of sp³-hybridized carbons (Fsp3) is 0.545. The molecule has 1 amide bonds. The number of aromatic nitrogens is 2. The molecule has 1 heterocycles. The van der Waals surface area contributed by atoms with Crippen LogP contribution in [-0.2, 0) is 4.79 Å². The van der Waals surface area contributed by atoms with Gasteiger partial charge < -0.3 is 21.1 Å². The van der Waals surface area contributed by atoms with E-state index in [1.807, 2.05) is 0 Å². The first-order valence-electron chi connectivity index (χ1n) is 5.53. The van der Waals surface area contributed by atoms with Gasteiger partial charge >= 0.3 is 0 Å². The zero-order chi connectivity index (χ0) is 13.8. The lowest BCUT2D eigenvalue weighted by Crippen LogP contribution is -2.37. The summed E-state index contributed by atoms with van der Waals surface area (Å²) in [4.78, 5) is 19.3. The Balaban J connectivity index is 2.88. The van der Waals surface area contributed by atoms with Crippen LogP contribution in [0.1, 0.15) is 13.8 Å². The highest BCUT2D eigenvalue weighted by atomic mass is 16.5. The number of methoxy groups -OCH3 is 1. The average Bonchev–Trinajstić information content (AvgIpc) is 2.35. The van der Waals surface area contributed by atoms with Gasteiger partial charge in [-0.25, -0.2) is 9.97 Å². The molecule has 0 radical (unpaired) electrons. The SMILES string of the molecule is CNc1ncnc(NCC(C)(C)C(N)=O)c1OC. The molecular weight excluding hydrogens is 234 g/mol. The Morgan fingerprint density at radius 1 is 1.44 bits per heavy atom. The number of hydrogen-bond acceptors (Lipinski definition) is 6. The molecule has 4 N–H and O–H groups in total. The van der Waals surface area contributed by atoms with E-state index in [-0.39, 0.29) is 5.91 Å². The van der Waals surface area contributed by atoms with Crippen LogP contribution in [0.4, 0.5) is 11.6 Å². The second-order valence-corrected chi connectivity index (χ2v) is 4.46. The number of nitrogens with two attached hydrogens (primary N) is 1. The molecule has 7 nitrogen and oxygen atoms in total. The molecule has 0 aromatic carbocycles. The van der Waals surface area contributed by atoms with Crippen LogP contribution in [0.3, 0.4) is 0 Å². The van der Waals surface area contributed by atoms with Gasteiger partial charge in [-0.15, -0.1) is 0 Å². The second-order valence-electron chi connectivity index (χ2n) is 4.46. The monoisotopic (exact) mass is 253 g/mol. The normalized spacial score (nSPS) is 10.9. The number of primary amides is 1. The summed E-state index contributed by atoms with van der Waals surface area (Å²) >= 11 is 0. The molecule has 0 bridgehead atoms. The number of nitrogens with zero attached hydrogens (tertiary/aromatic N) is 2. The van der Waals surface area contributed by atoms with Gasteiger partial charge in [0.2, 0.25) is 11.7 Å². The van der Waals surface area contributed by atoms with Crippen molar-refractivity contribution in [2.24, 2.45) is 11.1 Å². The Bertz CT molecular complexity index is 433. The first kappa shape index (κ1) is 14.0. The van der Waals surface area contributed by atoms with Crippen LogP contribution in [0.5, 0.6) is 5.75 Å². The van der Waals surface area contributed by atoms with E-state index in [1.165, 1.54) is 13.4 Å². The summed E-state index contributed by atoms with van der Waals surface area (Å²) < 4.78 is 5.23. The van der Waals surface area contributed by atoms with Gasteiger partial charge in [-0.3, -0.25) is 4.79 Å². The summed E-state index contributed by atoms with van der Waals surface area (Å²) in [7, 11) is 3.27. The van der Waals surface area contributed by atoms with Crippen LogP contribution in [-0.4, -0.2) is 36.6 Å². The van der Waals surface area contributed by atoms with Crippen LogP contribution in [0.2, 0.25) is 0 Å². The molecule has 0 unspecified atom stereocenters. The molecule has 0 spiro atoms. The fourth-order valence-corrected chi connectivity index (χ4v) is 1.26. The summed E-state index contributed by atoms with van der Waals surface area (Å²) in [6.07, 6.45) is 1.41. The highest BCUT2D eigenvalue weighted by Crippen LogP contribution is 2.29. The predicted molar refractivity (Wildman–Crippen MR) is 69.6 cm³/mol. The molecule has 1 rings (SSSR count). The van der Waals surface area contributed by atoms with Crippen molar-refractivity contribution in [3.05, 3.63) is 6.33 Å². The van der Waals surface area contributed by atoms with Crippen molar-refractivity contribution < 1.29 is 9.53 Å². The Morgan fingerprint density at radius 2 is 2.06 bits per heavy atom. The van der Waals surface area contributed by atoms with Gasteiger partial charge in [0.15, 0.2) is 11.6 Å². The zero-order valence-electron chi connectivity index (χ0n) is 11.1. The molecule has 0 saturated carbocycles. The quantitative estimate of drug-likeness (QED) is 0.680. The summed E-state index contributed by atoms with van der Waals surface area (Å²) in [6, 6.07) is 0. The Labute approximate surface area is 106 Å². The molecule has 0 aliphatic heterocycles. The summed E-state index contributed by atoms with van der Waals surface area (Å²) in [5, 5.41) is 5.94. The number of carbonyl (C=O) groups is 1. The molecule has 18 heavy (non-hydrogen) atoms. The number of amides is 1. The van der Waals surface area contributed by atoms with E-state index in [0.717, 1.165) is 0 Å². The van der Waals surface area contributed by atoms with E-state index < -0.39 is 5.41 Å². The van der Waals surface area contributed by atoms with Crippen molar-refractivity contribution >= 4 is 17.5 Å². The minimum Gasteiger partial charge on any atom is -0.490 e. The molecule has 1 aromatic rings. The van der Waals surface area contributed by atoms with Crippen molar-refractivity contribution in [1.29, 1.82) is 0 Å². The van der Waals surface area contributed by atoms with Gasteiger partial charge in [0, 0.05) is 13.6 Å². The van der Waals surface area contributed by atoms with Crippen molar-refractivity contribution in [2.75, 3.05) is 31.3 Å². The maximum atomic E-state index is 11.2. The minimum atomic E-state index is -0.671. The van der Waals surface area contributed by atoms with Crippen LogP contribution in [0.25, 0.3) is 0 Å². The summed E-state index contributed by atoms with van der Waals surface area (Å²) in [6.45, 7) is 3.88. The van der Waals surface area contributed by atoms with Crippen LogP contribution in [0.15, 0.2) is 6.33 Å². The standard InChI is InChI=1S/C11H19N5O2/c1-11(2,10(12)17)5-14-9-7(18-4)8(13-3)15-6-16-9/h6H,5H2,1-4H3,(H2,12,17)(H2,13,14,15,16). The topological polar surface area (TPSA) is 102 Å². The number of nitrogens with one attached hydrogen (secondary N) is 2. The Kier molecular flexibility index (Phi) is 4.30. The van der Waals surface area contributed by atoms with Crippen molar-refractivity contribution in [2.45, 2.75) is 13.8 Å². The maximum absolute atomic E-state index is 11.2. The van der Waals surface area contributed by atoms with Gasteiger partial charge in [-0.2, -0.15) is 0 Å². The van der Waals surface area contributed by atoms with E-state index in [4.69, 9.17) is 10.5 Å². The van der Waals surface area contributed by atoms with Gasteiger partial charge in [-0.1, -0.05) is 0 Å². The third kappa shape index (κ3) is 2.99. The lowest BCUT2D eigenvalue weighted by Gasteiger charge is -2.22. The molecule has 0 fully saturated rings. The van der Waals surface area contributed by atoms with Crippen molar-refractivity contribution in [3.8, 4) is 5.75 Å². The smallest absolute Gasteiger partial charge is 0.224 e. The third-order valence-corrected chi connectivity index (χ3v) is 2.61. The lowest BCUT2D eigenvalue weighted by atomic mass is 9.93. The minimum absolute atomic E-state index is 0.360. The molecule has 0 aliphatic rings. The zero-order valence-corrected chi connectivity index (χ0v) is 11.1. The van der Waals surface area contributed by atoms with Crippen molar-refractivity contribution in [1.82, 2.24) is 9.97 Å². The van der Waals surface area contributed by atoms with Gasteiger partial charge in [0.1, 0.15) is 6.33 Å². The van der Waals surface area contributed by atoms with Crippen LogP contribution in [0, 0.1) is 5.41 Å². The molecule has 7 heteroatoms. The molecule has 0 atom stereocenters. The highest BCUT2D eigenvalue weighted by molar-refractivity contribution is 5.80. The van der Waals surface area contributed by atoms with Gasteiger partial charge in [0.05, 0.1) is 12.5 Å². The first-order chi connectivity index (χ1) is 8.42. The molecule has 0 aliphatic carbocycles. The van der Waals surface area contributed by atoms with Gasteiger partial charge in [0.25, 0.3) is 0 Å². The van der Waals surface area contributed by atoms with Gasteiger partial charge in [-0.05, 0) is 13.8 Å². The van der Waals surface area contributed by atoms with E-state index >= 15 is 0 Å².